The first-order valence-electron chi connectivity index (χ1n) is 5.67. The number of pyridine rings is 1. The second kappa shape index (κ2) is 6.12. The van der Waals surface area contributed by atoms with Crippen LogP contribution in [0.5, 0.6) is 0 Å². The highest BCUT2D eigenvalue weighted by molar-refractivity contribution is 7.91. The highest BCUT2D eigenvalue weighted by Crippen LogP contribution is 2.22. The van der Waals surface area contributed by atoms with Crippen LogP contribution in [-0.4, -0.2) is 24.5 Å². The third-order valence-electron chi connectivity index (χ3n) is 2.40. The molecule has 2 rings (SSSR count). The first-order chi connectivity index (χ1) is 9.47. The van der Waals surface area contributed by atoms with E-state index in [1.54, 1.807) is 24.4 Å². The number of rotatable bonds is 6. The first-order valence-corrected chi connectivity index (χ1v) is 7.97. The van der Waals surface area contributed by atoms with Gasteiger partial charge >= 0.3 is 5.97 Å². The van der Waals surface area contributed by atoms with Gasteiger partial charge in [-0.25, -0.2) is 13.1 Å². The van der Waals surface area contributed by atoms with E-state index in [9.17, 15) is 13.2 Å². The van der Waals surface area contributed by atoms with Crippen molar-refractivity contribution in [3.05, 3.63) is 47.1 Å². The van der Waals surface area contributed by atoms with Crippen LogP contribution >= 0.6 is 11.3 Å². The summed E-state index contributed by atoms with van der Waals surface area (Å²) in [5, 5.41) is 8.66. The maximum atomic E-state index is 12.0. The van der Waals surface area contributed by atoms with Crippen LogP contribution in [0.15, 0.2) is 40.7 Å². The Morgan fingerprint density at radius 3 is 2.75 bits per heavy atom. The number of carboxylic acid groups (broad SMARTS) is 1. The average molecular weight is 312 g/mol. The fourth-order valence-electron chi connectivity index (χ4n) is 1.49. The van der Waals surface area contributed by atoms with Crippen molar-refractivity contribution in [2.24, 2.45) is 0 Å². The van der Waals surface area contributed by atoms with Crippen LogP contribution in [0.4, 0.5) is 0 Å². The number of carboxylic acids is 1. The van der Waals surface area contributed by atoms with Crippen LogP contribution in [0.3, 0.4) is 0 Å². The van der Waals surface area contributed by atoms with Crippen LogP contribution in [0.25, 0.3) is 0 Å². The summed E-state index contributed by atoms with van der Waals surface area (Å²) in [6.45, 7) is 0.0926. The van der Waals surface area contributed by atoms with E-state index in [2.05, 4.69) is 9.71 Å². The quantitative estimate of drug-likeness (QED) is 0.837. The van der Waals surface area contributed by atoms with Crippen molar-refractivity contribution in [2.45, 2.75) is 17.2 Å². The summed E-state index contributed by atoms with van der Waals surface area (Å²) in [6, 6.07) is 8.15. The fraction of sp³-hybridized carbons (Fsp3) is 0.167. The predicted octanol–water partition coefficient (Wildman–Crippen LogP) is 1.25. The predicted molar refractivity (Wildman–Crippen MR) is 73.9 cm³/mol. The van der Waals surface area contributed by atoms with E-state index in [0.29, 0.717) is 10.6 Å². The Kier molecular flexibility index (Phi) is 4.48. The summed E-state index contributed by atoms with van der Waals surface area (Å²) >= 11 is 0.952. The van der Waals surface area contributed by atoms with Crippen molar-refractivity contribution in [2.75, 3.05) is 0 Å². The highest BCUT2D eigenvalue weighted by atomic mass is 32.2. The zero-order valence-electron chi connectivity index (χ0n) is 10.3. The Hall–Kier alpha value is -1.77. The van der Waals surface area contributed by atoms with Gasteiger partial charge in [0.05, 0.1) is 18.7 Å². The molecule has 0 atom stereocenters. The molecule has 0 unspecified atom stereocenters. The summed E-state index contributed by atoms with van der Waals surface area (Å²) in [4.78, 5) is 15.1. The number of aromatic nitrogens is 1. The van der Waals surface area contributed by atoms with Crippen molar-refractivity contribution in [3.63, 3.8) is 0 Å². The standard InChI is InChI=1S/C12H12N2O4S2/c15-11(16)7-10-4-5-12(19-10)20(17,18)14-8-9-3-1-2-6-13-9/h1-6,14H,7-8H2,(H,15,16). The molecule has 0 fully saturated rings. The average Bonchev–Trinajstić information content (AvgIpc) is 2.86. The van der Waals surface area contributed by atoms with Crippen LogP contribution in [-0.2, 0) is 27.8 Å². The summed E-state index contributed by atoms with van der Waals surface area (Å²) in [6.07, 6.45) is 1.40. The summed E-state index contributed by atoms with van der Waals surface area (Å²) in [5.41, 5.74) is 0.610. The van der Waals surface area contributed by atoms with Crippen molar-refractivity contribution < 1.29 is 18.3 Å². The number of sulfonamides is 1. The van der Waals surface area contributed by atoms with Crippen molar-refractivity contribution in [1.29, 1.82) is 0 Å². The van der Waals surface area contributed by atoms with E-state index < -0.39 is 16.0 Å². The molecule has 0 saturated carbocycles. The largest absolute Gasteiger partial charge is 0.481 e. The summed E-state index contributed by atoms with van der Waals surface area (Å²) in [7, 11) is -3.64. The molecule has 106 valence electrons. The minimum atomic E-state index is -3.64. The molecule has 0 saturated heterocycles. The molecule has 2 heterocycles. The smallest absolute Gasteiger partial charge is 0.308 e. The van der Waals surface area contributed by atoms with Gasteiger partial charge < -0.3 is 5.11 Å². The molecule has 20 heavy (non-hydrogen) atoms. The lowest BCUT2D eigenvalue weighted by atomic mass is 10.3. The molecule has 2 aromatic heterocycles. The van der Waals surface area contributed by atoms with Gasteiger partial charge in [0.2, 0.25) is 10.0 Å². The first kappa shape index (κ1) is 14.6. The number of carbonyl (C=O) groups is 1. The van der Waals surface area contributed by atoms with Gasteiger partial charge in [-0.3, -0.25) is 9.78 Å². The molecule has 2 N–H and O–H groups in total. The number of hydrogen-bond acceptors (Lipinski definition) is 5. The van der Waals surface area contributed by atoms with Gasteiger partial charge in [-0.15, -0.1) is 11.3 Å². The molecule has 8 heteroatoms. The topological polar surface area (TPSA) is 96.4 Å². The van der Waals surface area contributed by atoms with E-state index in [1.165, 1.54) is 12.1 Å². The Labute approximate surface area is 120 Å². The van der Waals surface area contributed by atoms with E-state index >= 15 is 0 Å². The zero-order valence-corrected chi connectivity index (χ0v) is 11.9. The molecule has 0 spiro atoms. The lowest BCUT2D eigenvalue weighted by Crippen LogP contribution is -2.22. The van der Waals surface area contributed by atoms with Gasteiger partial charge in [-0.2, -0.15) is 0 Å². The Bertz CT molecular complexity index is 695. The normalized spacial score (nSPS) is 11.4. The highest BCUT2D eigenvalue weighted by Gasteiger charge is 2.17. The Morgan fingerprint density at radius 2 is 2.10 bits per heavy atom. The molecular weight excluding hydrogens is 300 g/mol. The second-order valence-corrected chi connectivity index (χ2v) is 7.10. The van der Waals surface area contributed by atoms with Gasteiger partial charge in [-0.05, 0) is 24.3 Å². The molecule has 0 amide bonds. The number of nitrogens with zero attached hydrogens (tertiary/aromatic N) is 1. The third kappa shape index (κ3) is 3.86. The van der Waals surface area contributed by atoms with Gasteiger partial charge in [0.1, 0.15) is 4.21 Å². The molecule has 0 aliphatic carbocycles. The summed E-state index contributed by atoms with van der Waals surface area (Å²) in [5.74, 6) is -0.989. The maximum absolute atomic E-state index is 12.0. The molecule has 2 aromatic rings. The van der Waals surface area contributed by atoms with Gasteiger partial charge in [0.25, 0.3) is 0 Å². The number of aliphatic carboxylic acids is 1. The molecule has 0 aliphatic rings. The monoisotopic (exact) mass is 312 g/mol. The van der Waals surface area contributed by atoms with Crippen molar-refractivity contribution >= 4 is 27.3 Å². The lowest BCUT2D eigenvalue weighted by molar-refractivity contribution is -0.136. The molecule has 0 aromatic carbocycles. The van der Waals surface area contributed by atoms with E-state index in [1.807, 2.05) is 0 Å². The van der Waals surface area contributed by atoms with Gasteiger partial charge in [0, 0.05) is 11.1 Å². The van der Waals surface area contributed by atoms with E-state index in [-0.39, 0.29) is 17.2 Å². The molecule has 6 nitrogen and oxygen atoms in total. The molecular formula is C12H12N2O4S2. The van der Waals surface area contributed by atoms with E-state index in [4.69, 9.17) is 5.11 Å². The Balaban J connectivity index is 2.06. The fourth-order valence-corrected chi connectivity index (χ4v) is 3.88. The SMILES string of the molecule is O=C(O)Cc1ccc(S(=O)(=O)NCc2ccccn2)s1. The van der Waals surface area contributed by atoms with Crippen LogP contribution in [0.1, 0.15) is 10.6 Å². The molecule has 0 aliphatic heterocycles. The third-order valence-corrected chi connectivity index (χ3v) is 5.38. The number of thiophene rings is 1. The van der Waals surface area contributed by atoms with Crippen LogP contribution < -0.4 is 4.72 Å². The summed E-state index contributed by atoms with van der Waals surface area (Å²) < 4.78 is 26.6. The lowest BCUT2D eigenvalue weighted by Gasteiger charge is -2.03. The molecule has 0 radical (unpaired) electrons. The molecule has 0 bridgehead atoms. The zero-order chi connectivity index (χ0) is 14.6. The van der Waals surface area contributed by atoms with Crippen molar-refractivity contribution in [3.8, 4) is 0 Å². The number of nitrogens with one attached hydrogen (secondary N) is 1. The minimum Gasteiger partial charge on any atom is -0.481 e. The van der Waals surface area contributed by atoms with Gasteiger partial charge in [0.15, 0.2) is 0 Å². The van der Waals surface area contributed by atoms with Crippen LogP contribution in [0, 0.1) is 0 Å². The number of hydrogen-bond donors (Lipinski definition) is 2. The van der Waals surface area contributed by atoms with Crippen LogP contribution in [0.2, 0.25) is 0 Å². The second-order valence-electron chi connectivity index (χ2n) is 3.94. The minimum absolute atomic E-state index is 0.0926. The van der Waals surface area contributed by atoms with E-state index in [0.717, 1.165) is 11.3 Å². The maximum Gasteiger partial charge on any atom is 0.308 e. The van der Waals surface area contributed by atoms with Crippen molar-refractivity contribution in [1.82, 2.24) is 9.71 Å². The van der Waals surface area contributed by atoms with Gasteiger partial charge in [-0.1, -0.05) is 6.07 Å². The Morgan fingerprint density at radius 1 is 1.30 bits per heavy atom.